The number of piperidine rings is 1. The summed E-state index contributed by atoms with van der Waals surface area (Å²) in [4.78, 5) is 14.6. The molecule has 2 fully saturated rings. The Balaban J connectivity index is 2.04. The monoisotopic (exact) mass is 224 g/mol. The first-order valence-electron chi connectivity index (χ1n) is 6.73. The van der Waals surface area contributed by atoms with Crippen molar-refractivity contribution in [1.29, 1.82) is 0 Å². The van der Waals surface area contributed by atoms with E-state index in [1.165, 1.54) is 12.8 Å². The molecular weight excluding hydrogens is 200 g/mol. The SMILES string of the molecule is CCC1(C(=O)N2CCCC(N)C2)CCCC1. The standard InChI is InChI=1S/C13H24N2O/c1-2-13(7-3-4-8-13)12(16)15-9-5-6-11(14)10-15/h11H,2-10,14H2,1H3. The maximum Gasteiger partial charge on any atom is 0.228 e. The number of nitrogens with zero attached hydrogens (tertiary/aromatic N) is 1. The molecule has 3 heteroatoms. The van der Waals surface area contributed by atoms with E-state index >= 15 is 0 Å². The van der Waals surface area contributed by atoms with Crippen LogP contribution in [0.1, 0.15) is 51.9 Å². The smallest absolute Gasteiger partial charge is 0.228 e. The van der Waals surface area contributed by atoms with Crippen LogP contribution in [0.5, 0.6) is 0 Å². The van der Waals surface area contributed by atoms with Gasteiger partial charge in [0.05, 0.1) is 0 Å². The molecule has 16 heavy (non-hydrogen) atoms. The largest absolute Gasteiger partial charge is 0.341 e. The van der Waals surface area contributed by atoms with Crippen molar-refractivity contribution in [2.75, 3.05) is 13.1 Å². The molecule has 3 nitrogen and oxygen atoms in total. The maximum absolute atomic E-state index is 12.6. The van der Waals surface area contributed by atoms with Crippen LogP contribution in [0.2, 0.25) is 0 Å². The molecule has 1 amide bonds. The predicted octanol–water partition coefficient (Wildman–Crippen LogP) is 1.91. The van der Waals surface area contributed by atoms with Crippen LogP contribution < -0.4 is 5.73 Å². The fourth-order valence-electron chi connectivity index (χ4n) is 3.30. The zero-order valence-electron chi connectivity index (χ0n) is 10.4. The van der Waals surface area contributed by atoms with E-state index < -0.39 is 0 Å². The molecule has 0 aromatic rings. The lowest BCUT2D eigenvalue weighted by molar-refractivity contribution is -0.143. The Labute approximate surface area is 98.4 Å². The Morgan fingerprint density at radius 3 is 2.62 bits per heavy atom. The second-order valence-electron chi connectivity index (χ2n) is 5.49. The molecule has 1 aliphatic heterocycles. The summed E-state index contributed by atoms with van der Waals surface area (Å²) < 4.78 is 0. The Morgan fingerprint density at radius 2 is 2.06 bits per heavy atom. The first-order chi connectivity index (χ1) is 7.68. The van der Waals surface area contributed by atoms with Crippen LogP contribution in [0.25, 0.3) is 0 Å². The minimum Gasteiger partial charge on any atom is -0.341 e. The Kier molecular flexibility index (Phi) is 3.53. The average molecular weight is 224 g/mol. The van der Waals surface area contributed by atoms with E-state index in [1.807, 2.05) is 4.90 Å². The highest BCUT2D eigenvalue weighted by atomic mass is 16.2. The van der Waals surface area contributed by atoms with Crippen LogP contribution in [0.15, 0.2) is 0 Å². The van der Waals surface area contributed by atoms with Gasteiger partial charge in [-0.3, -0.25) is 4.79 Å². The van der Waals surface area contributed by atoms with Gasteiger partial charge >= 0.3 is 0 Å². The summed E-state index contributed by atoms with van der Waals surface area (Å²) in [6.45, 7) is 3.86. The summed E-state index contributed by atoms with van der Waals surface area (Å²) in [5.74, 6) is 0.391. The molecule has 92 valence electrons. The number of carbonyl (C=O) groups is 1. The molecule has 1 aliphatic carbocycles. The van der Waals surface area contributed by atoms with Crippen LogP contribution >= 0.6 is 0 Å². The molecule has 0 aromatic carbocycles. The van der Waals surface area contributed by atoms with Gasteiger partial charge in [0.1, 0.15) is 0 Å². The van der Waals surface area contributed by atoms with E-state index in [2.05, 4.69) is 6.92 Å². The zero-order chi connectivity index (χ0) is 11.6. The van der Waals surface area contributed by atoms with E-state index in [0.717, 1.165) is 45.2 Å². The molecule has 0 bridgehead atoms. The molecule has 0 radical (unpaired) electrons. The van der Waals surface area contributed by atoms with Gasteiger partial charge in [-0.2, -0.15) is 0 Å². The molecule has 0 aromatic heterocycles. The van der Waals surface area contributed by atoms with E-state index in [1.54, 1.807) is 0 Å². The number of rotatable bonds is 2. The van der Waals surface area contributed by atoms with Crippen LogP contribution in [-0.2, 0) is 4.79 Å². The molecule has 1 atom stereocenters. The third kappa shape index (κ3) is 2.10. The molecule has 1 unspecified atom stereocenters. The lowest BCUT2D eigenvalue weighted by Gasteiger charge is -2.37. The van der Waals surface area contributed by atoms with E-state index in [9.17, 15) is 4.79 Å². The number of carbonyl (C=O) groups excluding carboxylic acids is 1. The highest BCUT2D eigenvalue weighted by Gasteiger charge is 2.42. The molecule has 0 spiro atoms. The summed E-state index contributed by atoms with van der Waals surface area (Å²) in [7, 11) is 0. The van der Waals surface area contributed by atoms with Gasteiger partial charge in [-0.05, 0) is 32.1 Å². The predicted molar refractivity (Wildman–Crippen MR) is 65.0 cm³/mol. The number of hydrogen-bond donors (Lipinski definition) is 1. The number of hydrogen-bond acceptors (Lipinski definition) is 2. The van der Waals surface area contributed by atoms with Gasteiger partial charge in [0.2, 0.25) is 5.91 Å². The first kappa shape index (κ1) is 11.9. The fourth-order valence-corrected chi connectivity index (χ4v) is 3.30. The minimum atomic E-state index is -0.0307. The topological polar surface area (TPSA) is 46.3 Å². The third-order valence-electron chi connectivity index (χ3n) is 4.44. The molecule has 2 N–H and O–H groups in total. The quantitative estimate of drug-likeness (QED) is 0.778. The van der Waals surface area contributed by atoms with E-state index in [4.69, 9.17) is 5.73 Å². The van der Waals surface area contributed by atoms with Crippen molar-refractivity contribution >= 4 is 5.91 Å². The molecule has 1 saturated heterocycles. The van der Waals surface area contributed by atoms with Crippen molar-refractivity contribution in [3.8, 4) is 0 Å². The summed E-state index contributed by atoms with van der Waals surface area (Å²) in [6.07, 6.45) is 7.77. The maximum atomic E-state index is 12.6. The third-order valence-corrected chi connectivity index (χ3v) is 4.44. The highest BCUT2D eigenvalue weighted by Crippen LogP contribution is 2.42. The molecule has 2 aliphatic rings. The number of amides is 1. The van der Waals surface area contributed by atoms with E-state index in [-0.39, 0.29) is 11.5 Å². The fraction of sp³-hybridized carbons (Fsp3) is 0.923. The Morgan fingerprint density at radius 1 is 1.38 bits per heavy atom. The van der Waals surface area contributed by atoms with E-state index in [0.29, 0.717) is 5.91 Å². The summed E-state index contributed by atoms with van der Waals surface area (Å²) >= 11 is 0. The van der Waals surface area contributed by atoms with Gasteiger partial charge in [-0.1, -0.05) is 19.8 Å². The summed E-state index contributed by atoms with van der Waals surface area (Å²) in [5, 5.41) is 0. The number of nitrogens with two attached hydrogens (primary N) is 1. The lowest BCUT2D eigenvalue weighted by atomic mass is 9.81. The Bertz CT molecular complexity index is 259. The van der Waals surface area contributed by atoms with Crippen molar-refractivity contribution in [2.24, 2.45) is 11.1 Å². The minimum absolute atomic E-state index is 0.0307. The number of likely N-dealkylation sites (tertiary alicyclic amines) is 1. The second kappa shape index (κ2) is 4.74. The van der Waals surface area contributed by atoms with Crippen molar-refractivity contribution in [3.63, 3.8) is 0 Å². The molecular formula is C13H24N2O. The van der Waals surface area contributed by atoms with Crippen LogP contribution in [0.4, 0.5) is 0 Å². The van der Waals surface area contributed by atoms with Gasteiger partial charge < -0.3 is 10.6 Å². The highest BCUT2D eigenvalue weighted by molar-refractivity contribution is 5.83. The second-order valence-corrected chi connectivity index (χ2v) is 5.49. The van der Waals surface area contributed by atoms with Crippen molar-refractivity contribution < 1.29 is 4.79 Å². The van der Waals surface area contributed by atoms with Crippen LogP contribution in [0.3, 0.4) is 0 Å². The van der Waals surface area contributed by atoms with Crippen molar-refractivity contribution in [2.45, 2.75) is 57.9 Å². The Hall–Kier alpha value is -0.570. The van der Waals surface area contributed by atoms with Gasteiger partial charge in [-0.25, -0.2) is 0 Å². The van der Waals surface area contributed by atoms with Crippen molar-refractivity contribution in [1.82, 2.24) is 4.90 Å². The van der Waals surface area contributed by atoms with Crippen LogP contribution in [0, 0.1) is 5.41 Å². The van der Waals surface area contributed by atoms with Gasteiger partial charge in [-0.15, -0.1) is 0 Å². The molecule has 2 rings (SSSR count). The normalized spacial score (nSPS) is 29.4. The molecule has 1 heterocycles. The average Bonchev–Trinajstić information content (AvgIpc) is 2.78. The van der Waals surface area contributed by atoms with Gasteiger partial charge in [0.25, 0.3) is 0 Å². The van der Waals surface area contributed by atoms with Crippen LogP contribution in [-0.4, -0.2) is 29.9 Å². The first-order valence-corrected chi connectivity index (χ1v) is 6.73. The lowest BCUT2D eigenvalue weighted by Crippen LogP contribution is -2.50. The zero-order valence-corrected chi connectivity index (χ0v) is 10.4. The summed E-state index contributed by atoms with van der Waals surface area (Å²) in [5.41, 5.74) is 5.92. The summed E-state index contributed by atoms with van der Waals surface area (Å²) in [6, 6.07) is 0.202. The van der Waals surface area contributed by atoms with Gasteiger partial charge in [0.15, 0.2) is 0 Å². The molecule has 1 saturated carbocycles. The van der Waals surface area contributed by atoms with Crippen molar-refractivity contribution in [3.05, 3.63) is 0 Å². The van der Waals surface area contributed by atoms with Gasteiger partial charge in [0, 0.05) is 24.5 Å².